The molecule has 1 heterocycles. The number of aliphatic hydroxyl groups is 1. The third kappa shape index (κ3) is 5.18. The largest absolute Gasteiger partial charge is 0.388 e. The van der Waals surface area contributed by atoms with Gasteiger partial charge in [0.25, 0.3) is 0 Å². The van der Waals surface area contributed by atoms with Gasteiger partial charge in [-0.1, -0.05) is 6.07 Å². The van der Waals surface area contributed by atoms with Crippen LogP contribution in [0.15, 0.2) is 35.0 Å². The van der Waals surface area contributed by atoms with E-state index in [-0.39, 0.29) is 6.54 Å². The number of carbonyl (C=O) groups is 2. The molecule has 2 aromatic rings. The molecule has 0 saturated heterocycles. The van der Waals surface area contributed by atoms with Crippen LogP contribution in [0.5, 0.6) is 0 Å². The summed E-state index contributed by atoms with van der Waals surface area (Å²) in [6.07, 6.45) is 0.412. The van der Waals surface area contributed by atoms with Crippen LogP contribution in [0.25, 0.3) is 0 Å². The van der Waals surface area contributed by atoms with E-state index in [2.05, 4.69) is 10.6 Å². The predicted molar refractivity (Wildman–Crippen MR) is 96.2 cm³/mol. The first kappa shape index (κ1) is 18.2. The first-order chi connectivity index (χ1) is 11.3. The monoisotopic (exact) mass is 346 g/mol. The summed E-state index contributed by atoms with van der Waals surface area (Å²) in [4.78, 5) is 23.9. The number of amides is 2. The van der Waals surface area contributed by atoms with Gasteiger partial charge in [-0.2, -0.15) is 11.3 Å². The lowest BCUT2D eigenvalue weighted by atomic mass is 9.98. The van der Waals surface area contributed by atoms with Gasteiger partial charge in [-0.05, 0) is 66.4 Å². The topological polar surface area (TPSA) is 78.4 Å². The first-order valence-corrected chi connectivity index (χ1v) is 8.61. The molecule has 0 aliphatic rings. The Balaban J connectivity index is 1.87. The van der Waals surface area contributed by atoms with E-state index >= 15 is 0 Å². The average Bonchev–Trinajstić information content (AvgIpc) is 3.00. The molecule has 0 aliphatic heterocycles. The van der Waals surface area contributed by atoms with Gasteiger partial charge < -0.3 is 15.7 Å². The zero-order valence-corrected chi connectivity index (χ0v) is 14.9. The fourth-order valence-corrected chi connectivity index (χ4v) is 2.92. The van der Waals surface area contributed by atoms with E-state index in [1.54, 1.807) is 24.3 Å². The molecule has 5 nitrogen and oxygen atoms in total. The number of benzene rings is 1. The molecule has 2 rings (SSSR count). The summed E-state index contributed by atoms with van der Waals surface area (Å²) in [7, 11) is 0. The molecular weight excluding hydrogens is 324 g/mol. The molecule has 1 atom stereocenters. The van der Waals surface area contributed by atoms with Crippen LogP contribution in [0.2, 0.25) is 0 Å². The second-order valence-electron chi connectivity index (χ2n) is 6.24. The van der Waals surface area contributed by atoms with E-state index in [1.165, 1.54) is 0 Å². The van der Waals surface area contributed by atoms with Crippen LogP contribution < -0.4 is 10.6 Å². The Kier molecular flexibility index (Phi) is 5.75. The first-order valence-electron chi connectivity index (χ1n) is 7.67. The highest BCUT2D eigenvalue weighted by Gasteiger charge is 2.24. The van der Waals surface area contributed by atoms with Crippen LogP contribution in [0.1, 0.15) is 23.6 Å². The Morgan fingerprint density at radius 1 is 1.17 bits per heavy atom. The van der Waals surface area contributed by atoms with Gasteiger partial charge in [-0.15, -0.1) is 0 Å². The zero-order chi connectivity index (χ0) is 17.7. The maximum atomic E-state index is 11.9. The van der Waals surface area contributed by atoms with E-state index in [4.69, 9.17) is 0 Å². The SMILES string of the molecule is Cc1ccc(NC(=O)C(=O)NCC(C)(O)Cc2ccsc2)cc1C. The molecule has 0 radical (unpaired) electrons. The lowest BCUT2D eigenvalue weighted by molar-refractivity contribution is -0.136. The van der Waals surface area contributed by atoms with Crippen molar-refractivity contribution in [1.82, 2.24) is 5.32 Å². The predicted octanol–water partition coefficient (Wildman–Crippen LogP) is 2.41. The van der Waals surface area contributed by atoms with Crippen LogP contribution in [0.4, 0.5) is 5.69 Å². The van der Waals surface area contributed by atoms with Crippen molar-refractivity contribution in [2.24, 2.45) is 0 Å². The molecule has 1 aromatic carbocycles. The van der Waals surface area contributed by atoms with Crippen molar-refractivity contribution in [3.63, 3.8) is 0 Å². The molecule has 128 valence electrons. The fraction of sp³-hybridized carbons (Fsp3) is 0.333. The van der Waals surface area contributed by atoms with Crippen LogP contribution >= 0.6 is 11.3 Å². The quantitative estimate of drug-likeness (QED) is 0.728. The van der Waals surface area contributed by atoms with Crippen molar-refractivity contribution in [3.05, 3.63) is 51.7 Å². The highest BCUT2D eigenvalue weighted by atomic mass is 32.1. The van der Waals surface area contributed by atoms with Crippen LogP contribution in [0.3, 0.4) is 0 Å². The Hall–Kier alpha value is -2.18. The molecule has 0 aliphatic carbocycles. The summed E-state index contributed by atoms with van der Waals surface area (Å²) in [6.45, 7) is 5.55. The number of nitrogens with one attached hydrogen (secondary N) is 2. The molecule has 0 fully saturated rings. The van der Waals surface area contributed by atoms with Crippen LogP contribution in [-0.4, -0.2) is 29.1 Å². The van der Waals surface area contributed by atoms with Gasteiger partial charge >= 0.3 is 11.8 Å². The minimum Gasteiger partial charge on any atom is -0.388 e. The minimum absolute atomic E-state index is 0.00201. The number of rotatable bonds is 5. The lowest BCUT2D eigenvalue weighted by Crippen LogP contribution is -2.45. The van der Waals surface area contributed by atoms with Gasteiger partial charge in [-0.25, -0.2) is 0 Å². The molecule has 0 spiro atoms. The molecule has 3 N–H and O–H groups in total. The van der Waals surface area contributed by atoms with Crippen LogP contribution in [-0.2, 0) is 16.0 Å². The molecule has 0 saturated carbocycles. The summed E-state index contributed by atoms with van der Waals surface area (Å²) >= 11 is 1.55. The molecule has 6 heteroatoms. The second-order valence-corrected chi connectivity index (χ2v) is 7.02. The second kappa shape index (κ2) is 7.59. The number of hydrogen-bond donors (Lipinski definition) is 3. The Morgan fingerprint density at radius 2 is 1.92 bits per heavy atom. The summed E-state index contributed by atoms with van der Waals surface area (Å²) in [5.41, 5.74) is 2.60. The molecular formula is C18H22N2O3S. The van der Waals surface area contributed by atoms with E-state index in [1.807, 2.05) is 42.8 Å². The molecule has 1 unspecified atom stereocenters. The van der Waals surface area contributed by atoms with Crippen molar-refractivity contribution in [2.45, 2.75) is 32.8 Å². The highest BCUT2D eigenvalue weighted by Crippen LogP contribution is 2.16. The molecule has 2 amide bonds. The van der Waals surface area contributed by atoms with Crippen molar-refractivity contribution in [2.75, 3.05) is 11.9 Å². The van der Waals surface area contributed by atoms with E-state index in [0.717, 1.165) is 16.7 Å². The maximum absolute atomic E-state index is 11.9. The Labute approximate surface area is 145 Å². The van der Waals surface area contributed by atoms with Crippen molar-refractivity contribution >= 4 is 28.8 Å². The average molecular weight is 346 g/mol. The number of thiophene rings is 1. The third-order valence-electron chi connectivity index (χ3n) is 3.77. The number of carbonyl (C=O) groups excluding carboxylic acids is 2. The van der Waals surface area contributed by atoms with Gasteiger partial charge in [0.2, 0.25) is 0 Å². The lowest BCUT2D eigenvalue weighted by Gasteiger charge is -2.23. The smallest absolute Gasteiger partial charge is 0.313 e. The van der Waals surface area contributed by atoms with Crippen molar-refractivity contribution in [3.8, 4) is 0 Å². The molecule has 24 heavy (non-hydrogen) atoms. The Morgan fingerprint density at radius 3 is 2.54 bits per heavy atom. The fourth-order valence-electron chi connectivity index (χ4n) is 2.25. The standard InChI is InChI=1S/C18H22N2O3S/c1-12-4-5-15(8-13(12)2)20-17(22)16(21)19-11-18(3,23)9-14-6-7-24-10-14/h4-8,10,23H,9,11H2,1-3H3,(H,19,21)(H,20,22). The highest BCUT2D eigenvalue weighted by molar-refractivity contribution is 7.07. The van der Waals surface area contributed by atoms with Crippen LogP contribution in [0, 0.1) is 13.8 Å². The van der Waals surface area contributed by atoms with Gasteiger partial charge in [0, 0.05) is 18.7 Å². The van der Waals surface area contributed by atoms with Gasteiger partial charge in [-0.3, -0.25) is 9.59 Å². The summed E-state index contributed by atoms with van der Waals surface area (Å²) in [5.74, 6) is -1.51. The zero-order valence-electron chi connectivity index (χ0n) is 14.1. The maximum Gasteiger partial charge on any atom is 0.313 e. The number of hydrogen-bond acceptors (Lipinski definition) is 4. The van der Waals surface area contributed by atoms with Crippen molar-refractivity contribution < 1.29 is 14.7 Å². The normalized spacial score (nSPS) is 13.2. The van der Waals surface area contributed by atoms with Gasteiger partial charge in [0.1, 0.15) is 0 Å². The van der Waals surface area contributed by atoms with Gasteiger partial charge in [0.15, 0.2) is 0 Å². The number of anilines is 1. The van der Waals surface area contributed by atoms with E-state index < -0.39 is 17.4 Å². The van der Waals surface area contributed by atoms with Gasteiger partial charge in [0.05, 0.1) is 5.60 Å². The summed E-state index contributed by atoms with van der Waals surface area (Å²) in [6, 6.07) is 7.37. The summed E-state index contributed by atoms with van der Waals surface area (Å²) in [5, 5.41) is 19.3. The molecule has 1 aromatic heterocycles. The third-order valence-corrected chi connectivity index (χ3v) is 4.50. The van der Waals surface area contributed by atoms with E-state index in [0.29, 0.717) is 12.1 Å². The minimum atomic E-state index is -1.11. The number of aryl methyl sites for hydroxylation is 2. The van der Waals surface area contributed by atoms with Crippen molar-refractivity contribution in [1.29, 1.82) is 0 Å². The Bertz CT molecular complexity index is 724. The molecule has 0 bridgehead atoms. The van der Waals surface area contributed by atoms with E-state index in [9.17, 15) is 14.7 Å². The summed E-state index contributed by atoms with van der Waals surface area (Å²) < 4.78 is 0.